The van der Waals surface area contributed by atoms with Crippen LogP contribution in [0.2, 0.25) is 10.0 Å². The second-order valence-electron chi connectivity index (χ2n) is 8.48. The minimum absolute atomic E-state index is 0.318. The minimum Gasteiger partial charge on any atom is -0.494 e. The highest BCUT2D eigenvalue weighted by Gasteiger charge is 2.22. The average Bonchev–Trinajstić information content (AvgIpc) is 3.51. The molecule has 0 aliphatic rings. The van der Waals surface area contributed by atoms with E-state index in [2.05, 4.69) is 33.3 Å². The Hall–Kier alpha value is -3.36. The molecule has 0 aliphatic carbocycles. The molecule has 8 nitrogen and oxygen atoms in total. The topological polar surface area (TPSA) is 96.3 Å². The third kappa shape index (κ3) is 5.81. The molecule has 4 rings (SSSR count). The van der Waals surface area contributed by atoms with E-state index < -0.39 is 0 Å². The third-order valence-electron chi connectivity index (χ3n) is 5.79. The molecular formula is C27H28Cl2N4O4. The highest BCUT2D eigenvalue weighted by molar-refractivity contribution is 6.33. The second-order valence-corrected chi connectivity index (χ2v) is 9.30. The molecule has 2 aromatic carbocycles. The first-order valence-corrected chi connectivity index (χ1v) is 12.7. The fourth-order valence-electron chi connectivity index (χ4n) is 4.09. The van der Waals surface area contributed by atoms with Crippen LogP contribution >= 0.6 is 23.2 Å². The highest BCUT2D eigenvalue weighted by atomic mass is 35.5. The van der Waals surface area contributed by atoms with Crippen LogP contribution in [0, 0.1) is 13.8 Å². The van der Waals surface area contributed by atoms with Crippen LogP contribution in [-0.4, -0.2) is 34.5 Å². The van der Waals surface area contributed by atoms with Crippen LogP contribution in [0.1, 0.15) is 55.4 Å². The SMILES string of the molecule is CCCCCC=C(c1cc(Cl)c(OC)c(-c2nc(C)no2)c1)c1cc(Cl)c(OC)c(-c2nc(C)no2)c1. The molecule has 2 aromatic heterocycles. The van der Waals surface area contributed by atoms with Gasteiger partial charge in [0.05, 0.1) is 35.4 Å². The van der Waals surface area contributed by atoms with E-state index in [0.29, 0.717) is 56.1 Å². The number of aryl methyl sites for hydroxylation is 2. The molecular weight excluding hydrogens is 515 g/mol. The Morgan fingerprint density at radius 3 is 1.68 bits per heavy atom. The predicted molar refractivity (Wildman–Crippen MR) is 143 cm³/mol. The molecule has 0 saturated heterocycles. The second kappa shape index (κ2) is 11.8. The summed E-state index contributed by atoms with van der Waals surface area (Å²) in [5.74, 6) is 2.56. The predicted octanol–water partition coefficient (Wildman–Crippen LogP) is 7.74. The highest BCUT2D eigenvalue weighted by Crippen LogP contribution is 2.43. The number of aromatic nitrogens is 4. The molecule has 0 unspecified atom stereocenters. The van der Waals surface area contributed by atoms with Gasteiger partial charge in [0.25, 0.3) is 11.8 Å². The number of rotatable bonds is 10. The molecule has 0 amide bonds. The van der Waals surface area contributed by atoms with E-state index in [0.717, 1.165) is 42.4 Å². The monoisotopic (exact) mass is 542 g/mol. The van der Waals surface area contributed by atoms with Gasteiger partial charge in [-0.25, -0.2) is 0 Å². The van der Waals surface area contributed by atoms with Crippen LogP contribution in [0.3, 0.4) is 0 Å². The maximum absolute atomic E-state index is 6.69. The van der Waals surface area contributed by atoms with Gasteiger partial charge in [-0.15, -0.1) is 0 Å². The van der Waals surface area contributed by atoms with Gasteiger partial charge in [-0.2, -0.15) is 9.97 Å². The van der Waals surface area contributed by atoms with Crippen LogP contribution in [0.15, 0.2) is 39.4 Å². The maximum atomic E-state index is 6.69. The van der Waals surface area contributed by atoms with E-state index in [1.807, 2.05) is 24.3 Å². The molecule has 0 aliphatic heterocycles. The summed E-state index contributed by atoms with van der Waals surface area (Å²) in [5.41, 5.74) is 3.78. The first kappa shape index (κ1) is 26.7. The number of nitrogens with zero attached hydrogens (tertiary/aromatic N) is 4. The number of benzene rings is 2. The molecule has 0 atom stereocenters. The fourth-order valence-corrected chi connectivity index (χ4v) is 4.68. The van der Waals surface area contributed by atoms with Gasteiger partial charge < -0.3 is 18.5 Å². The molecule has 194 valence electrons. The summed E-state index contributed by atoms with van der Waals surface area (Å²) >= 11 is 13.4. The van der Waals surface area contributed by atoms with Gasteiger partial charge in [-0.3, -0.25) is 0 Å². The molecule has 0 radical (unpaired) electrons. The van der Waals surface area contributed by atoms with Crippen LogP contribution in [0.4, 0.5) is 0 Å². The Morgan fingerprint density at radius 2 is 1.30 bits per heavy atom. The smallest absolute Gasteiger partial charge is 0.261 e. The number of hydrogen-bond donors (Lipinski definition) is 0. The van der Waals surface area contributed by atoms with Crippen LogP contribution in [-0.2, 0) is 0 Å². The van der Waals surface area contributed by atoms with E-state index in [4.69, 9.17) is 41.7 Å². The summed E-state index contributed by atoms with van der Waals surface area (Å²) < 4.78 is 22.0. The maximum Gasteiger partial charge on any atom is 0.261 e. The van der Waals surface area contributed by atoms with Crippen molar-refractivity contribution in [2.24, 2.45) is 0 Å². The molecule has 0 N–H and O–H groups in total. The van der Waals surface area contributed by atoms with Crippen molar-refractivity contribution in [3.05, 3.63) is 63.2 Å². The quantitative estimate of drug-likeness (QED) is 0.187. The molecule has 37 heavy (non-hydrogen) atoms. The van der Waals surface area contributed by atoms with E-state index in [1.165, 1.54) is 0 Å². The molecule has 0 spiro atoms. The molecule has 0 saturated carbocycles. The van der Waals surface area contributed by atoms with Crippen molar-refractivity contribution in [2.75, 3.05) is 14.2 Å². The van der Waals surface area contributed by atoms with Crippen molar-refractivity contribution in [1.29, 1.82) is 0 Å². The van der Waals surface area contributed by atoms with Crippen LogP contribution in [0.5, 0.6) is 11.5 Å². The third-order valence-corrected chi connectivity index (χ3v) is 6.35. The van der Waals surface area contributed by atoms with E-state index in [1.54, 1.807) is 28.1 Å². The molecule has 0 bridgehead atoms. The fraction of sp³-hybridized carbons (Fsp3) is 0.333. The lowest BCUT2D eigenvalue weighted by Crippen LogP contribution is -1.97. The summed E-state index contributed by atoms with van der Waals surface area (Å²) in [6.07, 6.45) is 6.32. The summed E-state index contributed by atoms with van der Waals surface area (Å²) in [6.45, 7) is 5.68. The number of ether oxygens (including phenoxy) is 2. The number of unbranched alkanes of at least 4 members (excludes halogenated alkanes) is 3. The zero-order valence-electron chi connectivity index (χ0n) is 21.4. The van der Waals surface area contributed by atoms with Crippen molar-refractivity contribution < 1.29 is 18.5 Å². The lowest BCUT2D eigenvalue weighted by Gasteiger charge is -2.16. The molecule has 2 heterocycles. The standard InChI is InChI=1S/C27H28Cl2N4O4/c1-6-7-8-9-10-19(17-11-20(24(34-4)22(28)13-17)26-30-15(2)32-36-26)18-12-21(25(35-5)23(29)14-18)27-31-16(3)33-37-27/h10-14H,6-9H2,1-5H3. The lowest BCUT2D eigenvalue weighted by atomic mass is 9.93. The Bertz CT molecular complexity index is 1330. The van der Waals surface area contributed by atoms with E-state index in [-0.39, 0.29) is 0 Å². The Balaban J connectivity index is 1.92. The Kier molecular flexibility index (Phi) is 8.51. The van der Waals surface area contributed by atoms with E-state index in [9.17, 15) is 0 Å². The number of allylic oxidation sites excluding steroid dienone is 1. The van der Waals surface area contributed by atoms with E-state index >= 15 is 0 Å². The van der Waals surface area contributed by atoms with Gasteiger partial charge in [-0.05, 0) is 67.7 Å². The molecule has 0 fully saturated rings. The van der Waals surface area contributed by atoms with Gasteiger partial charge in [0.15, 0.2) is 11.6 Å². The van der Waals surface area contributed by atoms with Crippen molar-refractivity contribution in [2.45, 2.75) is 46.5 Å². The van der Waals surface area contributed by atoms with Crippen molar-refractivity contribution >= 4 is 28.8 Å². The zero-order valence-corrected chi connectivity index (χ0v) is 22.9. The van der Waals surface area contributed by atoms with Crippen LogP contribution < -0.4 is 9.47 Å². The first-order chi connectivity index (χ1) is 17.9. The largest absolute Gasteiger partial charge is 0.494 e. The minimum atomic E-state index is 0.318. The lowest BCUT2D eigenvalue weighted by molar-refractivity contribution is 0.403. The van der Waals surface area contributed by atoms with Crippen molar-refractivity contribution in [3.8, 4) is 34.4 Å². The number of hydrogen-bond acceptors (Lipinski definition) is 8. The Morgan fingerprint density at radius 1 is 0.811 bits per heavy atom. The number of halogens is 2. The van der Waals surface area contributed by atoms with Gasteiger partial charge in [-0.1, -0.05) is 59.4 Å². The van der Waals surface area contributed by atoms with Crippen molar-refractivity contribution in [3.63, 3.8) is 0 Å². The zero-order chi connectivity index (χ0) is 26.5. The number of methoxy groups -OCH3 is 2. The molecule has 4 aromatic rings. The van der Waals surface area contributed by atoms with Crippen molar-refractivity contribution in [1.82, 2.24) is 20.3 Å². The first-order valence-electron chi connectivity index (χ1n) is 11.9. The normalized spacial score (nSPS) is 11.0. The Labute approximate surface area is 225 Å². The van der Waals surface area contributed by atoms with Gasteiger partial charge in [0, 0.05) is 0 Å². The van der Waals surface area contributed by atoms with Gasteiger partial charge in [0.1, 0.15) is 11.5 Å². The van der Waals surface area contributed by atoms with Crippen LogP contribution in [0.25, 0.3) is 28.5 Å². The summed E-state index contributed by atoms with van der Waals surface area (Å²) in [7, 11) is 3.11. The van der Waals surface area contributed by atoms with Gasteiger partial charge >= 0.3 is 0 Å². The summed E-state index contributed by atoms with van der Waals surface area (Å²) in [6, 6.07) is 7.57. The average molecular weight is 543 g/mol. The van der Waals surface area contributed by atoms with Gasteiger partial charge in [0.2, 0.25) is 0 Å². The summed E-state index contributed by atoms with van der Waals surface area (Å²) in [4.78, 5) is 8.76. The molecule has 10 heteroatoms. The summed E-state index contributed by atoms with van der Waals surface area (Å²) in [5, 5.41) is 8.68.